The molecule has 5 nitrogen and oxygen atoms in total. The van der Waals surface area contributed by atoms with Gasteiger partial charge in [0.1, 0.15) is 5.92 Å². The van der Waals surface area contributed by atoms with Crippen molar-refractivity contribution in [1.29, 1.82) is 0 Å². The third-order valence-electron chi connectivity index (χ3n) is 3.96. The van der Waals surface area contributed by atoms with Gasteiger partial charge in [-0.05, 0) is 0 Å². The van der Waals surface area contributed by atoms with Crippen molar-refractivity contribution < 1.29 is 9.59 Å². The maximum absolute atomic E-state index is 12.7. The number of carbonyl (C=O) groups excluding carboxylic acids is 2. The molecule has 0 spiro atoms. The van der Waals surface area contributed by atoms with Gasteiger partial charge in [-0.2, -0.15) is 0 Å². The Morgan fingerprint density at radius 1 is 1.24 bits per heavy atom. The Morgan fingerprint density at radius 2 is 1.95 bits per heavy atom. The van der Waals surface area contributed by atoms with E-state index in [1.807, 2.05) is 36.0 Å². The summed E-state index contributed by atoms with van der Waals surface area (Å²) in [5, 5.41) is 0. The molecule has 1 saturated heterocycles. The maximum atomic E-state index is 12.7. The van der Waals surface area contributed by atoms with E-state index in [-0.39, 0.29) is 17.6 Å². The predicted octanol–water partition coefficient (Wildman–Crippen LogP) is 1.47. The summed E-state index contributed by atoms with van der Waals surface area (Å²) < 4.78 is 1.84. The fraction of sp³-hybridized carbons (Fsp3) is 0.312. The fourth-order valence-electron chi connectivity index (χ4n) is 2.87. The zero-order chi connectivity index (χ0) is 15.0. The highest BCUT2D eigenvalue weighted by molar-refractivity contribution is 6.11. The normalized spacial score (nSPS) is 21.8. The monoisotopic (exact) mass is 283 g/mol. The Labute approximate surface area is 123 Å². The summed E-state index contributed by atoms with van der Waals surface area (Å²) in [5.74, 6) is -1.11. The molecule has 0 radical (unpaired) electrons. The highest BCUT2D eigenvalue weighted by Crippen LogP contribution is 2.34. The predicted molar refractivity (Wildman–Crippen MR) is 77.8 cm³/mol. The molecule has 2 atom stereocenters. The molecule has 2 aromatic rings. The number of Topliss-reactive ketones (excluding diaryl/α,β-unsaturated/α-hetero) is 1. The molecule has 1 aliphatic rings. The van der Waals surface area contributed by atoms with Gasteiger partial charge >= 0.3 is 0 Å². The molecular formula is C16H17N3O2. The number of benzene rings is 1. The highest BCUT2D eigenvalue weighted by Gasteiger charge is 2.45. The van der Waals surface area contributed by atoms with Crippen molar-refractivity contribution in [1.82, 2.24) is 14.5 Å². The Hall–Kier alpha value is -2.43. The van der Waals surface area contributed by atoms with Gasteiger partial charge < -0.3 is 9.47 Å². The first-order valence-corrected chi connectivity index (χ1v) is 6.90. The lowest BCUT2D eigenvalue weighted by Gasteiger charge is -2.13. The molecule has 1 aromatic carbocycles. The first-order chi connectivity index (χ1) is 10.1. The quantitative estimate of drug-likeness (QED) is 0.633. The average molecular weight is 283 g/mol. The standard InChI is InChI=1S/C16H17N3O2/c1-18-9-13(17-10-18)12-8-19(2)16(21)14(12)15(20)11-6-4-3-5-7-11/h3-7,9-10,12,14H,8H2,1-2H3/t12-,14+/m0/s1. The van der Waals surface area contributed by atoms with E-state index in [0.29, 0.717) is 12.1 Å². The molecule has 0 unspecified atom stereocenters. The Balaban J connectivity index is 1.97. The number of ketones is 1. The lowest BCUT2D eigenvalue weighted by molar-refractivity contribution is -0.128. The number of likely N-dealkylation sites (N-methyl/N-ethyl adjacent to an activating group) is 1. The van der Waals surface area contributed by atoms with Crippen molar-refractivity contribution in [3.8, 4) is 0 Å². The van der Waals surface area contributed by atoms with Gasteiger partial charge in [0.2, 0.25) is 5.91 Å². The maximum Gasteiger partial charge on any atom is 0.234 e. The summed E-state index contributed by atoms with van der Waals surface area (Å²) in [4.78, 5) is 31.0. The van der Waals surface area contributed by atoms with Crippen LogP contribution in [0.15, 0.2) is 42.9 Å². The molecule has 5 heteroatoms. The molecule has 3 rings (SSSR count). The molecule has 1 aromatic heterocycles. The van der Waals surface area contributed by atoms with Crippen LogP contribution < -0.4 is 0 Å². The van der Waals surface area contributed by atoms with Gasteiger partial charge in [-0.1, -0.05) is 30.3 Å². The van der Waals surface area contributed by atoms with E-state index in [2.05, 4.69) is 4.98 Å². The van der Waals surface area contributed by atoms with Gasteiger partial charge in [0, 0.05) is 38.3 Å². The third kappa shape index (κ3) is 2.35. The van der Waals surface area contributed by atoms with Gasteiger partial charge in [0.05, 0.1) is 12.0 Å². The number of rotatable bonds is 3. The van der Waals surface area contributed by atoms with Crippen LogP contribution in [0.5, 0.6) is 0 Å². The van der Waals surface area contributed by atoms with Crippen molar-refractivity contribution in [2.24, 2.45) is 13.0 Å². The number of aryl methyl sites for hydroxylation is 1. The second-order valence-electron chi connectivity index (χ2n) is 5.50. The SMILES string of the molecule is CN1C[C@@H](c2cn(C)cn2)[C@H](C(=O)c2ccccc2)C1=O. The molecule has 1 aliphatic heterocycles. The molecule has 1 fully saturated rings. The molecule has 108 valence electrons. The second kappa shape index (κ2) is 5.16. The van der Waals surface area contributed by atoms with E-state index < -0.39 is 5.92 Å². The van der Waals surface area contributed by atoms with Crippen LogP contribution in [0.2, 0.25) is 0 Å². The number of aromatic nitrogens is 2. The number of amides is 1. The molecule has 0 saturated carbocycles. The number of imidazole rings is 1. The molecule has 0 aliphatic carbocycles. The van der Waals surface area contributed by atoms with Crippen molar-refractivity contribution in [2.75, 3.05) is 13.6 Å². The van der Waals surface area contributed by atoms with Crippen LogP contribution in [0, 0.1) is 5.92 Å². The molecule has 21 heavy (non-hydrogen) atoms. The van der Waals surface area contributed by atoms with E-state index >= 15 is 0 Å². The number of likely N-dealkylation sites (tertiary alicyclic amines) is 1. The zero-order valence-corrected chi connectivity index (χ0v) is 12.1. The Morgan fingerprint density at radius 3 is 2.57 bits per heavy atom. The van der Waals surface area contributed by atoms with E-state index in [4.69, 9.17) is 0 Å². The van der Waals surface area contributed by atoms with E-state index in [1.165, 1.54) is 0 Å². The van der Waals surface area contributed by atoms with Crippen LogP contribution in [0.4, 0.5) is 0 Å². The lowest BCUT2D eigenvalue weighted by atomic mass is 9.86. The summed E-state index contributed by atoms with van der Waals surface area (Å²) in [6.45, 7) is 0.527. The van der Waals surface area contributed by atoms with Crippen LogP contribution >= 0.6 is 0 Å². The minimum absolute atomic E-state index is 0.124. The number of hydrogen-bond donors (Lipinski definition) is 0. The largest absolute Gasteiger partial charge is 0.344 e. The fourth-order valence-corrected chi connectivity index (χ4v) is 2.87. The molecule has 0 N–H and O–H groups in total. The van der Waals surface area contributed by atoms with Crippen LogP contribution in [-0.4, -0.2) is 39.7 Å². The summed E-state index contributed by atoms with van der Waals surface area (Å²) in [5.41, 5.74) is 1.37. The minimum atomic E-state index is -0.674. The Bertz CT molecular complexity index is 678. The molecule has 1 amide bonds. The zero-order valence-electron chi connectivity index (χ0n) is 12.1. The third-order valence-corrected chi connectivity index (χ3v) is 3.96. The number of carbonyl (C=O) groups is 2. The topological polar surface area (TPSA) is 55.2 Å². The summed E-state index contributed by atoms with van der Waals surface area (Å²) in [7, 11) is 3.61. The van der Waals surface area contributed by atoms with Gasteiger partial charge in [0.15, 0.2) is 5.78 Å². The average Bonchev–Trinajstić information content (AvgIpc) is 3.04. The smallest absolute Gasteiger partial charge is 0.234 e. The van der Waals surface area contributed by atoms with Gasteiger partial charge in [-0.15, -0.1) is 0 Å². The van der Waals surface area contributed by atoms with Crippen LogP contribution in [0.25, 0.3) is 0 Å². The van der Waals surface area contributed by atoms with Gasteiger partial charge in [-0.25, -0.2) is 4.98 Å². The number of nitrogens with zero attached hydrogens (tertiary/aromatic N) is 3. The van der Waals surface area contributed by atoms with E-state index in [9.17, 15) is 9.59 Å². The second-order valence-corrected chi connectivity index (χ2v) is 5.50. The van der Waals surface area contributed by atoms with Crippen molar-refractivity contribution in [3.05, 3.63) is 54.1 Å². The summed E-state index contributed by atoms with van der Waals surface area (Å²) >= 11 is 0. The first-order valence-electron chi connectivity index (χ1n) is 6.90. The van der Waals surface area contributed by atoms with Crippen molar-refractivity contribution in [3.63, 3.8) is 0 Å². The first kappa shape index (κ1) is 13.5. The molecule has 2 heterocycles. The van der Waals surface area contributed by atoms with Gasteiger partial charge in [0.25, 0.3) is 0 Å². The van der Waals surface area contributed by atoms with E-state index in [1.54, 1.807) is 30.4 Å². The highest BCUT2D eigenvalue weighted by atomic mass is 16.2. The van der Waals surface area contributed by atoms with E-state index in [0.717, 1.165) is 5.69 Å². The van der Waals surface area contributed by atoms with Crippen molar-refractivity contribution >= 4 is 11.7 Å². The Kier molecular flexibility index (Phi) is 3.33. The lowest BCUT2D eigenvalue weighted by Crippen LogP contribution is -2.28. The van der Waals surface area contributed by atoms with Gasteiger partial charge in [-0.3, -0.25) is 9.59 Å². The molecule has 0 bridgehead atoms. The number of hydrogen-bond acceptors (Lipinski definition) is 3. The summed E-state index contributed by atoms with van der Waals surface area (Å²) in [6, 6.07) is 8.99. The minimum Gasteiger partial charge on any atom is -0.344 e. The summed E-state index contributed by atoms with van der Waals surface area (Å²) in [6.07, 6.45) is 3.57. The van der Waals surface area contributed by atoms with Crippen LogP contribution in [-0.2, 0) is 11.8 Å². The van der Waals surface area contributed by atoms with Crippen LogP contribution in [0.1, 0.15) is 22.0 Å². The van der Waals surface area contributed by atoms with Crippen molar-refractivity contribution in [2.45, 2.75) is 5.92 Å². The molecular weight excluding hydrogens is 266 g/mol. The van der Waals surface area contributed by atoms with Crippen LogP contribution in [0.3, 0.4) is 0 Å².